The molecule has 1 aromatic heterocycles. The van der Waals surface area contributed by atoms with Crippen LogP contribution in [0.2, 0.25) is 0 Å². The zero-order valence-corrected chi connectivity index (χ0v) is 12.5. The quantitative estimate of drug-likeness (QED) is 0.727. The summed E-state index contributed by atoms with van der Waals surface area (Å²) < 4.78 is 0. The molecule has 0 aliphatic rings. The maximum atomic E-state index is 4.24. The standard InChI is InChI=1S/C19H20N2/c1-3-15-7-9-16(10-8-15)14(2)21-19-6-4-5-17-11-12-20-13-18(17)19/h4-14,21H,3H2,1-2H3. The Labute approximate surface area is 125 Å². The van der Waals surface area contributed by atoms with Gasteiger partial charge in [-0.05, 0) is 42.0 Å². The fraction of sp³-hybridized carbons (Fsp3) is 0.211. The van der Waals surface area contributed by atoms with Crippen molar-refractivity contribution >= 4 is 16.5 Å². The Morgan fingerprint density at radius 2 is 1.86 bits per heavy atom. The molecule has 1 heterocycles. The van der Waals surface area contributed by atoms with E-state index in [1.807, 2.05) is 18.5 Å². The lowest BCUT2D eigenvalue weighted by Crippen LogP contribution is -2.07. The summed E-state index contributed by atoms with van der Waals surface area (Å²) in [4.78, 5) is 4.24. The van der Waals surface area contributed by atoms with Gasteiger partial charge in [0.2, 0.25) is 0 Å². The summed E-state index contributed by atoms with van der Waals surface area (Å²) in [6, 6.07) is 17.4. The van der Waals surface area contributed by atoms with E-state index in [1.54, 1.807) is 0 Å². The smallest absolute Gasteiger partial charge is 0.0485 e. The molecule has 3 rings (SSSR count). The van der Waals surface area contributed by atoms with Crippen LogP contribution in [0.3, 0.4) is 0 Å². The lowest BCUT2D eigenvalue weighted by Gasteiger charge is -2.17. The van der Waals surface area contributed by atoms with Crippen LogP contribution >= 0.6 is 0 Å². The van der Waals surface area contributed by atoms with Gasteiger partial charge in [-0.15, -0.1) is 0 Å². The Morgan fingerprint density at radius 1 is 1.05 bits per heavy atom. The van der Waals surface area contributed by atoms with Crippen molar-refractivity contribution in [1.82, 2.24) is 4.98 Å². The summed E-state index contributed by atoms with van der Waals surface area (Å²) in [5.74, 6) is 0. The van der Waals surface area contributed by atoms with E-state index in [-0.39, 0.29) is 6.04 Å². The molecule has 0 aliphatic heterocycles. The molecule has 106 valence electrons. The molecule has 2 nitrogen and oxygen atoms in total. The summed E-state index contributed by atoms with van der Waals surface area (Å²) in [7, 11) is 0. The van der Waals surface area contributed by atoms with Crippen LogP contribution in [0.1, 0.15) is 31.0 Å². The van der Waals surface area contributed by atoms with Crippen molar-refractivity contribution in [3.63, 3.8) is 0 Å². The number of anilines is 1. The van der Waals surface area contributed by atoms with Gasteiger partial charge in [-0.2, -0.15) is 0 Å². The fourth-order valence-corrected chi connectivity index (χ4v) is 2.60. The van der Waals surface area contributed by atoms with E-state index in [9.17, 15) is 0 Å². The number of aromatic nitrogens is 1. The molecular formula is C19H20N2. The molecule has 0 radical (unpaired) electrons. The third kappa shape index (κ3) is 2.89. The monoisotopic (exact) mass is 276 g/mol. The molecule has 2 heteroatoms. The molecular weight excluding hydrogens is 256 g/mol. The normalized spacial score (nSPS) is 12.3. The summed E-state index contributed by atoms with van der Waals surface area (Å²) >= 11 is 0. The number of hydrogen-bond acceptors (Lipinski definition) is 2. The number of nitrogens with zero attached hydrogens (tertiary/aromatic N) is 1. The number of benzene rings is 2. The predicted molar refractivity (Wildman–Crippen MR) is 89.6 cm³/mol. The highest BCUT2D eigenvalue weighted by Crippen LogP contribution is 2.26. The van der Waals surface area contributed by atoms with Crippen molar-refractivity contribution in [1.29, 1.82) is 0 Å². The second-order valence-electron chi connectivity index (χ2n) is 5.36. The molecule has 0 fully saturated rings. The molecule has 0 spiro atoms. The lowest BCUT2D eigenvalue weighted by atomic mass is 10.0. The van der Waals surface area contributed by atoms with Gasteiger partial charge in [0.25, 0.3) is 0 Å². The van der Waals surface area contributed by atoms with Gasteiger partial charge in [0.15, 0.2) is 0 Å². The number of pyridine rings is 1. The number of aryl methyl sites for hydroxylation is 1. The van der Waals surface area contributed by atoms with Gasteiger partial charge in [-0.25, -0.2) is 0 Å². The molecule has 2 aromatic carbocycles. The van der Waals surface area contributed by atoms with Crippen molar-refractivity contribution in [2.75, 3.05) is 5.32 Å². The van der Waals surface area contributed by atoms with Crippen molar-refractivity contribution in [3.8, 4) is 0 Å². The Hall–Kier alpha value is -2.35. The summed E-state index contributed by atoms with van der Waals surface area (Å²) in [6.07, 6.45) is 4.83. The minimum Gasteiger partial charge on any atom is -0.378 e. The van der Waals surface area contributed by atoms with Gasteiger partial charge in [0.05, 0.1) is 0 Å². The van der Waals surface area contributed by atoms with Crippen LogP contribution in [0.25, 0.3) is 10.8 Å². The first-order chi connectivity index (χ1) is 10.3. The van der Waals surface area contributed by atoms with E-state index in [0.717, 1.165) is 17.5 Å². The van der Waals surface area contributed by atoms with Gasteiger partial charge < -0.3 is 5.32 Å². The van der Waals surface area contributed by atoms with Crippen LogP contribution in [-0.4, -0.2) is 4.98 Å². The Bertz CT molecular complexity index is 727. The summed E-state index contributed by atoms with van der Waals surface area (Å²) in [6.45, 7) is 4.37. The number of hydrogen-bond donors (Lipinski definition) is 1. The maximum Gasteiger partial charge on any atom is 0.0485 e. The minimum atomic E-state index is 0.265. The van der Waals surface area contributed by atoms with Crippen molar-refractivity contribution < 1.29 is 0 Å². The Morgan fingerprint density at radius 3 is 2.62 bits per heavy atom. The average Bonchev–Trinajstić information content (AvgIpc) is 2.55. The molecule has 0 amide bonds. The van der Waals surface area contributed by atoms with Gasteiger partial charge in [-0.1, -0.05) is 43.3 Å². The molecule has 0 saturated carbocycles. The molecule has 21 heavy (non-hydrogen) atoms. The molecule has 0 aliphatic carbocycles. The fourth-order valence-electron chi connectivity index (χ4n) is 2.60. The van der Waals surface area contributed by atoms with Crippen LogP contribution in [0, 0.1) is 0 Å². The zero-order valence-electron chi connectivity index (χ0n) is 12.5. The number of nitrogens with one attached hydrogen (secondary N) is 1. The van der Waals surface area contributed by atoms with Crippen LogP contribution in [0.15, 0.2) is 60.9 Å². The van der Waals surface area contributed by atoms with Gasteiger partial charge in [-0.3, -0.25) is 4.98 Å². The highest BCUT2D eigenvalue weighted by molar-refractivity contribution is 5.93. The van der Waals surface area contributed by atoms with Crippen molar-refractivity contribution in [3.05, 3.63) is 72.1 Å². The topological polar surface area (TPSA) is 24.9 Å². The van der Waals surface area contributed by atoms with Crippen molar-refractivity contribution in [2.24, 2.45) is 0 Å². The van der Waals surface area contributed by atoms with Gasteiger partial charge in [0.1, 0.15) is 0 Å². The first kappa shape index (κ1) is 13.6. The zero-order chi connectivity index (χ0) is 14.7. The molecule has 0 bridgehead atoms. The van der Waals surface area contributed by atoms with Crippen LogP contribution in [-0.2, 0) is 6.42 Å². The van der Waals surface area contributed by atoms with Crippen LogP contribution in [0.4, 0.5) is 5.69 Å². The Kier molecular flexibility index (Phi) is 3.87. The van der Waals surface area contributed by atoms with E-state index in [0.29, 0.717) is 0 Å². The lowest BCUT2D eigenvalue weighted by molar-refractivity contribution is 0.884. The van der Waals surface area contributed by atoms with E-state index in [1.165, 1.54) is 16.5 Å². The van der Waals surface area contributed by atoms with E-state index in [4.69, 9.17) is 0 Å². The summed E-state index contributed by atoms with van der Waals surface area (Å²) in [5, 5.41) is 5.97. The average molecular weight is 276 g/mol. The van der Waals surface area contributed by atoms with Crippen LogP contribution < -0.4 is 5.32 Å². The molecule has 3 aromatic rings. The van der Waals surface area contributed by atoms with Gasteiger partial charge >= 0.3 is 0 Å². The van der Waals surface area contributed by atoms with Gasteiger partial charge in [0, 0.05) is 29.5 Å². The van der Waals surface area contributed by atoms with Crippen LogP contribution in [0.5, 0.6) is 0 Å². The molecule has 1 unspecified atom stereocenters. The largest absolute Gasteiger partial charge is 0.378 e. The third-order valence-electron chi connectivity index (χ3n) is 3.94. The number of rotatable bonds is 4. The van der Waals surface area contributed by atoms with Crippen molar-refractivity contribution in [2.45, 2.75) is 26.3 Å². The second kappa shape index (κ2) is 5.96. The van der Waals surface area contributed by atoms with E-state index >= 15 is 0 Å². The third-order valence-corrected chi connectivity index (χ3v) is 3.94. The number of fused-ring (bicyclic) bond motifs is 1. The van der Waals surface area contributed by atoms with E-state index < -0.39 is 0 Å². The minimum absolute atomic E-state index is 0.265. The highest BCUT2D eigenvalue weighted by Gasteiger charge is 2.07. The molecule has 0 saturated heterocycles. The SMILES string of the molecule is CCc1ccc(C(C)Nc2cccc3ccncc23)cc1. The predicted octanol–water partition coefficient (Wildman–Crippen LogP) is 4.97. The molecule has 1 N–H and O–H groups in total. The maximum absolute atomic E-state index is 4.24. The van der Waals surface area contributed by atoms with E-state index in [2.05, 4.69) is 66.6 Å². The first-order valence-corrected chi connectivity index (χ1v) is 7.46. The highest BCUT2D eigenvalue weighted by atomic mass is 14.9. The molecule has 1 atom stereocenters. The first-order valence-electron chi connectivity index (χ1n) is 7.46. The Balaban J connectivity index is 1.87. The summed E-state index contributed by atoms with van der Waals surface area (Å²) in [5.41, 5.74) is 3.81. The second-order valence-corrected chi connectivity index (χ2v) is 5.36.